The number of ether oxygens (including phenoxy) is 1. The first kappa shape index (κ1) is 14.3. The normalized spacial score (nSPS) is 17.6. The molecule has 0 spiro atoms. The molecule has 0 N–H and O–H groups in total. The summed E-state index contributed by atoms with van der Waals surface area (Å²) in [5.41, 5.74) is 3.43. The second kappa shape index (κ2) is 6.39. The zero-order chi connectivity index (χ0) is 14.7. The number of nitrogens with zero attached hydrogens (tertiary/aromatic N) is 1. The van der Waals surface area contributed by atoms with E-state index in [9.17, 15) is 9.59 Å². The van der Waals surface area contributed by atoms with Gasteiger partial charge in [-0.05, 0) is 36.5 Å². The van der Waals surface area contributed by atoms with E-state index < -0.39 is 0 Å². The fourth-order valence-electron chi connectivity index (χ4n) is 3.08. The first-order valence-electron chi connectivity index (χ1n) is 7.74. The van der Waals surface area contributed by atoms with Crippen LogP contribution in [0.25, 0.3) is 0 Å². The molecule has 1 amide bonds. The molecule has 4 nitrogen and oxygen atoms in total. The number of benzene rings is 1. The van der Waals surface area contributed by atoms with Crippen LogP contribution in [0.15, 0.2) is 18.2 Å². The molecular formula is C17H21NO3. The van der Waals surface area contributed by atoms with Crippen LogP contribution in [0.1, 0.15) is 40.7 Å². The molecule has 0 bridgehead atoms. The molecule has 1 saturated heterocycles. The van der Waals surface area contributed by atoms with Gasteiger partial charge in [-0.2, -0.15) is 0 Å². The summed E-state index contributed by atoms with van der Waals surface area (Å²) in [6, 6.07) is 5.99. The summed E-state index contributed by atoms with van der Waals surface area (Å²) >= 11 is 0. The molecule has 2 aliphatic rings. The number of ketones is 1. The maximum Gasteiger partial charge on any atom is 0.223 e. The fraction of sp³-hybridized carbons (Fsp3) is 0.529. The third kappa shape index (κ3) is 3.32. The van der Waals surface area contributed by atoms with Crippen molar-refractivity contribution in [3.8, 4) is 0 Å². The Morgan fingerprint density at radius 2 is 1.81 bits per heavy atom. The predicted octanol–water partition coefficient (Wildman–Crippen LogP) is 2.00. The Balaban J connectivity index is 1.55. The Bertz CT molecular complexity index is 547. The van der Waals surface area contributed by atoms with Crippen LogP contribution in [-0.4, -0.2) is 42.9 Å². The molecule has 1 aliphatic heterocycles. The molecule has 1 aromatic carbocycles. The Hall–Kier alpha value is -1.68. The number of fused-ring (bicyclic) bond motifs is 1. The minimum absolute atomic E-state index is 0.0628. The van der Waals surface area contributed by atoms with Crippen LogP contribution < -0.4 is 0 Å². The summed E-state index contributed by atoms with van der Waals surface area (Å²) in [6.45, 7) is 2.49. The molecule has 0 radical (unpaired) electrons. The molecule has 1 fully saturated rings. The van der Waals surface area contributed by atoms with Gasteiger partial charge in [-0.25, -0.2) is 0 Å². The van der Waals surface area contributed by atoms with Crippen LogP contribution in [0.5, 0.6) is 0 Å². The lowest BCUT2D eigenvalue weighted by molar-refractivity contribution is -0.135. The molecule has 1 aromatic rings. The van der Waals surface area contributed by atoms with Crippen molar-refractivity contribution in [1.82, 2.24) is 4.90 Å². The van der Waals surface area contributed by atoms with E-state index in [0.29, 0.717) is 39.1 Å². The maximum absolute atomic E-state index is 12.2. The Kier molecular flexibility index (Phi) is 4.34. The fourth-order valence-corrected chi connectivity index (χ4v) is 3.08. The van der Waals surface area contributed by atoms with Crippen LogP contribution in [0, 0.1) is 0 Å². The highest BCUT2D eigenvalue weighted by molar-refractivity contribution is 5.98. The summed E-state index contributed by atoms with van der Waals surface area (Å²) < 4.78 is 5.23. The number of carbonyl (C=O) groups is 2. The molecule has 4 heteroatoms. The van der Waals surface area contributed by atoms with Gasteiger partial charge in [-0.3, -0.25) is 9.59 Å². The lowest BCUT2D eigenvalue weighted by Gasteiger charge is -2.26. The first-order chi connectivity index (χ1) is 10.2. The van der Waals surface area contributed by atoms with E-state index in [1.807, 2.05) is 12.1 Å². The molecule has 1 aliphatic carbocycles. The highest BCUT2D eigenvalue weighted by atomic mass is 16.5. The minimum Gasteiger partial charge on any atom is -0.378 e. The number of amides is 1. The van der Waals surface area contributed by atoms with Crippen LogP contribution in [0.2, 0.25) is 0 Å². The van der Waals surface area contributed by atoms with Gasteiger partial charge >= 0.3 is 0 Å². The van der Waals surface area contributed by atoms with Gasteiger partial charge < -0.3 is 9.64 Å². The SMILES string of the molecule is O=C(CCC(=O)N1CCOCC1)c1ccc2c(c1)CCC2. The smallest absolute Gasteiger partial charge is 0.223 e. The van der Waals surface area contributed by atoms with Crippen molar-refractivity contribution in [2.24, 2.45) is 0 Å². The van der Waals surface area contributed by atoms with E-state index in [1.165, 1.54) is 17.5 Å². The predicted molar refractivity (Wildman–Crippen MR) is 79.4 cm³/mol. The van der Waals surface area contributed by atoms with Crippen LogP contribution in [-0.2, 0) is 22.4 Å². The van der Waals surface area contributed by atoms with Gasteiger partial charge in [0.1, 0.15) is 0 Å². The van der Waals surface area contributed by atoms with Crippen molar-refractivity contribution in [2.75, 3.05) is 26.3 Å². The van der Waals surface area contributed by atoms with Crippen molar-refractivity contribution >= 4 is 11.7 Å². The standard InChI is InChI=1S/C17H21NO3/c19-16(6-7-17(20)18-8-10-21-11-9-18)15-5-4-13-2-1-3-14(13)12-15/h4-5,12H,1-3,6-11H2. The Labute approximate surface area is 125 Å². The van der Waals surface area contributed by atoms with Crippen LogP contribution in [0.4, 0.5) is 0 Å². The highest BCUT2D eigenvalue weighted by Crippen LogP contribution is 2.23. The molecule has 1 heterocycles. The number of aryl methyl sites for hydroxylation is 2. The summed E-state index contributed by atoms with van der Waals surface area (Å²) in [7, 11) is 0. The average Bonchev–Trinajstić information content (AvgIpc) is 3.00. The first-order valence-corrected chi connectivity index (χ1v) is 7.74. The Morgan fingerprint density at radius 1 is 1.05 bits per heavy atom. The van der Waals surface area contributed by atoms with E-state index in [-0.39, 0.29) is 11.7 Å². The lowest BCUT2D eigenvalue weighted by Crippen LogP contribution is -2.40. The van der Waals surface area contributed by atoms with Crippen molar-refractivity contribution < 1.29 is 14.3 Å². The van der Waals surface area contributed by atoms with E-state index in [2.05, 4.69) is 6.07 Å². The molecule has 0 saturated carbocycles. The van der Waals surface area contributed by atoms with Gasteiger partial charge in [0.25, 0.3) is 0 Å². The summed E-state index contributed by atoms with van der Waals surface area (Å²) in [5, 5.41) is 0. The van der Waals surface area contributed by atoms with Gasteiger partial charge in [-0.15, -0.1) is 0 Å². The zero-order valence-corrected chi connectivity index (χ0v) is 12.3. The number of carbonyl (C=O) groups excluding carboxylic acids is 2. The third-order valence-corrected chi connectivity index (χ3v) is 4.35. The van der Waals surface area contributed by atoms with E-state index in [4.69, 9.17) is 4.74 Å². The summed E-state index contributed by atoms with van der Waals surface area (Å²) in [4.78, 5) is 26.1. The van der Waals surface area contributed by atoms with Gasteiger partial charge in [0.15, 0.2) is 5.78 Å². The van der Waals surface area contributed by atoms with Gasteiger partial charge in [0.2, 0.25) is 5.91 Å². The molecule has 112 valence electrons. The second-order valence-electron chi connectivity index (χ2n) is 5.75. The van der Waals surface area contributed by atoms with Gasteiger partial charge in [-0.1, -0.05) is 12.1 Å². The lowest BCUT2D eigenvalue weighted by atomic mass is 10.0. The molecular weight excluding hydrogens is 266 g/mol. The number of morpholine rings is 1. The average molecular weight is 287 g/mol. The number of hydrogen-bond donors (Lipinski definition) is 0. The maximum atomic E-state index is 12.2. The number of hydrogen-bond acceptors (Lipinski definition) is 3. The molecule has 0 aromatic heterocycles. The van der Waals surface area contributed by atoms with Crippen LogP contribution >= 0.6 is 0 Å². The highest BCUT2D eigenvalue weighted by Gasteiger charge is 2.19. The van der Waals surface area contributed by atoms with Gasteiger partial charge in [0.05, 0.1) is 13.2 Å². The zero-order valence-electron chi connectivity index (χ0n) is 12.3. The van der Waals surface area contributed by atoms with Crippen molar-refractivity contribution in [1.29, 1.82) is 0 Å². The number of rotatable bonds is 4. The van der Waals surface area contributed by atoms with Gasteiger partial charge in [0, 0.05) is 31.5 Å². The minimum atomic E-state index is 0.0628. The number of Topliss-reactive ketones (excluding diaryl/α,β-unsaturated/α-hetero) is 1. The van der Waals surface area contributed by atoms with E-state index in [0.717, 1.165) is 18.4 Å². The van der Waals surface area contributed by atoms with E-state index >= 15 is 0 Å². The Morgan fingerprint density at radius 3 is 2.62 bits per heavy atom. The molecule has 0 atom stereocenters. The molecule has 0 unspecified atom stereocenters. The van der Waals surface area contributed by atoms with Crippen molar-refractivity contribution in [3.63, 3.8) is 0 Å². The molecule has 21 heavy (non-hydrogen) atoms. The van der Waals surface area contributed by atoms with Crippen molar-refractivity contribution in [3.05, 3.63) is 34.9 Å². The summed E-state index contributed by atoms with van der Waals surface area (Å²) in [6.07, 6.45) is 3.98. The molecule has 3 rings (SSSR count). The van der Waals surface area contributed by atoms with Crippen molar-refractivity contribution in [2.45, 2.75) is 32.1 Å². The van der Waals surface area contributed by atoms with E-state index in [1.54, 1.807) is 4.90 Å². The van der Waals surface area contributed by atoms with Crippen LogP contribution in [0.3, 0.4) is 0 Å². The second-order valence-corrected chi connectivity index (χ2v) is 5.75. The monoisotopic (exact) mass is 287 g/mol. The summed E-state index contributed by atoms with van der Waals surface area (Å²) in [5.74, 6) is 0.138. The largest absolute Gasteiger partial charge is 0.378 e. The quantitative estimate of drug-likeness (QED) is 0.796. The third-order valence-electron chi connectivity index (χ3n) is 4.35. The topological polar surface area (TPSA) is 46.6 Å².